The number of hydrogen-bond donors (Lipinski definition) is 0. The van der Waals surface area contributed by atoms with Crippen LogP contribution < -0.4 is 0 Å². The van der Waals surface area contributed by atoms with Crippen molar-refractivity contribution in [3.8, 4) is 50.7 Å². The van der Waals surface area contributed by atoms with Gasteiger partial charge in [0.05, 0.1) is 28.0 Å². The summed E-state index contributed by atoms with van der Waals surface area (Å²) < 4.78 is 9.04. The first kappa shape index (κ1) is 28.3. The Kier molecular flexibility index (Phi) is 6.46. The Morgan fingerprint density at radius 2 is 1.00 bits per heavy atom. The number of nitrogens with zero attached hydrogens (tertiary/aromatic N) is 3. The molecular weight excluding hydrogens is 611 g/mol. The summed E-state index contributed by atoms with van der Waals surface area (Å²) in [4.78, 5) is 10.2. The second kappa shape index (κ2) is 11.4. The highest BCUT2D eigenvalue weighted by Crippen LogP contribution is 2.41. The predicted molar refractivity (Wildman–Crippen MR) is 205 cm³/mol. The molecule has 0 fully saturated rings. The van der Waals surface area contributed by atoms with Crippen molar-refractivity contribution in [2.45, 2.75) is 0 Å². The third-order valence-corrected chi connectivity index (χ3v) is 9.63. The van der Waals surface area contributed by atoms with Crippen molar-refractivity contribution in [2.75, 3.05) is 0 Å². The van der Waals surface area contributed by atoms with Gasteiger partial charge in [-0.3, -0.25) is 0 Å². The second-order valence-corrected chi connectivity index (χ2v) is 12.6. The van der Waals surface area contributed by atoms with E-state index in [1.54, 1.807) is 0 Å². The van der Waals surface area contributed by atoms with Crippen molar-refractivity contribution in [3.05, 3.63) is 176 Å². The van der Waals surface area contributed by atoms with Crippen LogP contribution in [-0.2, 0) is 0 Å². The van der Waals surface area contributed by atoms with Gasteiger partial charge in [0, 0.05) is 38.4 Å². The highest BCUT2D eigenvalue weighted by Gasteiger charge is 2.19. The largest absolute Gasteiger partial charge is 0.455 e. The van der Waals surface area contributed by atoms with Crippen LogP contribution >= 0.6 is 0 Å². The Morgan fingerprint density at radius 1 is 0.420 bits per heavy atom. The van der Waals surface area contributed by atoms with Gasteiger partial charge in [-0.1, -0.05) is 133 Å². The van der Waals surface area contributed by atoms with Gasteiger partial charge in [0.2, 0.25) is 0 Å². The standard InChI is InChI=1S/C46H29N3O/c1-4-14-30(15-5-1)34-21-13-25-42-44(34)36-20-10-11-24-41(36)49(42)33-26-27-43-38(28-33)35-22-12-23-37(45(35)50-43)46-47-39(31-16-6-2-7-17-31)29-40(48-46)32-18-8-3-9-19-32/h1-29H. The van der Waals surface area contributed by atoms with Crippen LogP contribution in [0.15, 0.2) is 180 Å². The van der Waals surface area contributed by atoms with Gasteiger partial charge in [0.1, 0.15) is 11.2 Å². The van der Waals surface area contributed by atoms with E-state index in [0.29, 0.717) is 5.82 Å². The Balaban J connectivity index is 1.18. The van der Waals surface area contributed by atoms with E-state index in [1.165, 1.54) is 32.9 Å². The Bertz CT molecular complexity index is 2800. The molecule has 0 aliphatic carbocycles. The zero-order valence-electron chi connectivity index (χ0n) is 27.0. The fourth-order valence-corrected chi connectivity index (χ4v) is 7.34. The minimum atomic E-state index is 0.630. The monoisotopic (exact) mass is 639 g/mol. The first-order chi connectivity index (χ1) is 24.8. The number of furan rings is 1. The molecule has 4 heteroatoms. The number of aromatic nitrogens is 3. The lowest BCUT2D eigenvalue weighted by atomic mass is 9.99. The van der Waals surface area contributed by atoms with Gasteiger partial charge in [-0.15, -0.1) is 0 Å². The number of benzene rings is 7. The summed E-state index contributed by atoms with van der Waals surface area (Å²) in [6.45, 7) is 0. The average molecular weight is 640 g/mol. The van der Waals surface area contributed by atoms with Crippen LogP contribution in [0.1, 0.15) is 0 Å². The number of rotatable bonds is 5. The second-order valence-electron chi connectivity index (χ2n) is 12.6. The molecule has 0 atom stereocenters. The molecule has 0 radical (unpaired) electrons. The summed E-state index contributed by atoms with van der Waals surface area (Å²) in [5.41, 5.74) is 12.1. The van der Waals surface area contributed by atoms with Crippen molar-refractivity contribution < 1.29 is 4.42 Å². The Labute approximate surface area is 288 Å². The molecule has 0 spiro atoms. The van der Waals surface area contributed by atoms with Gasteiger partial charge in [-0.05, 0) is 53.6 Å². The van der Waals surface area contributed by atoms with Gasteiger partial charge in [-0.2, -0.15) is 0 Å². The van der Waals surface area contributed by atoms with Gasteiger partial charge in [0.15, 0.2) is 5.82 Å². The molecule has 4 nitrogen and oxygen atoms in total. The zero-order valence-corrected chi connectivity index (χ0v) is 27.0. The van der Waals surface area contributed by atoms with E-state index in [1.807, 2.05) is 36.4 Å². The summed E-state index contributed by atoms with van der Waals surface area (Å²) in [5.74, 6) is 0.630. The van der Waals surface area contributed by atoms with Crippen LogP contribution in [0.3, 0.4) is 0 Å². The van der Waals surface area contributed by atoms with Crippen molar-refractivity contribution in [1.29, 1.82) is 0 Å². The molecule has 0 amide bonds. The summed E-state index contributed by atoms with van der Waals surface area (Å²) in [7, 11) is 0. The maximum absolute atomic E-state index is 6.66. The van der Waals surface area contributed by atoms with Crippen LogP contribution in [0.2, 0.25) is 0 Å². The third-order valence-electron chi connectivity index (χ3n) is 9.63. The molecule has 0 aliphatic rings. The molecule has 0 unspecified atom stereocenters. The summed E-state index contributed by atoms with van der Waals surface area (Å²) in [6.07, 6.45) is 0. The van der Waals surface area contributed by atoms with Gasteiger partial charge >= 0.3 is 0 Å². The lowest BCUT2D eigenvalue weighted by Crippen LogP contribution is -1.96. The molecule has 0 bridgehead atoms. The highest BCUT2D eigenvalue weighted by atomic mass is 16.3. The maximum Gasteiger partial charge on any atom is 0.164 e. The van der Waals surface area contributed by atoms with Gasteiger partial charge in [0.25, 0.3) is 0 Å². The number of fused-ring (bicyclic) bond motifs is 6. The fraction of sp³-hybridized carbons (Fsp3) is 0. The van der Waals surface area contributed by atoms with Gasteiger partial charge < -0.3 is 8.98 Å². The molecule has 0 saturated carbocycles. The number of hydrogen-bond acceptors (Lipinski definition) is 3. The quantitative estimate of drug-likeness (QED) is 0.188. The van der Waals surface area contributed by atoms with Crippen molar-refractivity contribution in [3.63, 3.8) is 0 Å². The van der Waals surface area contributed by atoms with Gasteiger partial charge in [-0.25, -0.2) is 9.97 Å². The fourth-order valence-electron chi connectivity index (χ4n) is 7.34. The van der Waals surface area contributed by atoms with Crippen LogP contribution in [-0.4, -0.2) is 14.5 Å². The van der Waals surface area contributed by atoms with E-state index in [4.69, 9.17) is 14.4 Å². The Morgan fingerprint density at radius 3 is 1.72 bits per heavy atom. The first-order valence-electron chi connectivity index (χ1n) is 16.8. The highest BCUT2D eigenvalue weighted by molar-refractivity contribution is 6.16. The normalized spacial score (nSPS) is 11.6. The van der Waals surface area contributed by atoms with Crippen LogP contribution in [0.25, 0.3) is 94.5 Å². The molecule has 0 saturated heterocycles. The molecule has 7 aromatic carbocycles. The molecule has 234 valence electrons. The zero-order chi connectivity index (χ0) is 33.0. The van der Waals surface area contributed by atoms with E-state index in [0.717, 1.165) is 55.7 Å². The van der Waals surface area contributed by atoms with Crippen molar-refractivity contribution >= 4 is 43.7 Å². The molecule has 0 aliphatic heterocycles. The molecule has 3 aromatic heterocycles. The van der Waals surface area contributed by atoms with Crippen LogP contribution in [0.5, 0.6) is 0 Å². The average Bonchev–Trinajstić information content (AvgIpc) is 3.74. The summed E-state index contributed by atoms with van der Waals surface area (Å²) in [6, 6.07) is 61.3. The van der Waals surface area contributed by atoms with E-state index < -0.39 is 0 Å². The molecule has 3 heterocycles. The first-order valence-corrected chi connectivity index (χ1v) is 16.8. The molecule has 10 aromatic rings. The minimum Gasteiger partial charge on any atom is -0.455 e. The van der Waals surface area contributed by atoms with E-state index >= 15 is 0 Å². The molecule has 50 heavy (non-hydrogen) atoms. The minimum absolute atomic E-state index is 0.630. The van der Waals surface area contributed by atoms with Crippen molar-refractivity contribution in [1.82, 2.24) is 14.5 Å². The topological polar surface area (TPSA) is 43.9 Å². The SMILES string of the molecule is c1ccc(-c2cc(-c3ccccc3)nc(-c3cccc4c3oc3ccc(-n5c6ccccc6c6c(-c7ccccc7)cccc65)cc34)n2)cc1. The van der Waals surface area contributed by atoms with Crippen LogP contribution in [0.4, 0.5) is 0 Å². The van der Waals surface area contributed by atoms with Crippen LogP contribution in [0, 0.1) is 0 Å². The third kappa shape index (κ3) is 4.54. The Hall–Kier alpha value is -6.78. The predicted octanol–water partition coefficient (Wildman–Crippen LogP) is 12.1. The smallest absolute Gasteiger partial charge is 0.164 e. The van der Waals surface area contributed by atoms with Crippen molar-refractivity contribution in [2.24, 2.45) is 0 Å². The molecular formula is C46H29N3O. The van der Waals surface area contributed by atoms with E-state index in [-0.39, 0.29) is 0 Å². The van der Waals surface area contributed by atoms with E-state index in [2.05, 4.69) is 144 Å². The summed E-state index contributed by atoms with van der Waals surface area (Å²) in [5, 5.41) is 4.55. The maximum atomic E-state index is 6.66. The summed E-state index contributed by atoms with van der Waals surface area (Å²) >= 11 is 0. The van der Waals surface area contributed by atoms with E-state index in [9.17, 15) is 0 Å². The molecule has 0 N–H and O–H groups in total. The number of para-hydroxylation sites is 2. The lowest BCUT2D eigenvalue weighted by Gasteiger charge is -2.09. The molecule has 10 rings (SSSR count). The lowest BCUT2D eigenvalue weighted by molar-refractivity contribution is 0.669.